The Balaban J connectivity index is 2.18. The molecule has 1 amide bonds. The van der Waals surface area contributed by atoms with E-state index in [2.05, 4.69) is 15.9 Å². The van der Waals surface area contributed by atoms with Crippen molar-refractivity contribution in [2.75, 3.05) is 6.54 Å². The van der Waals surface area contributed by atoms with E-state index in [1.807, 2.05) is 19.1 Å². The van der Waals surface area contributed by atoms with E-state index < -0.39 is 0 Å². The van der Waals surface area contributed by atoms with E-state index in [9.17, 15) is 4.79 Å². The Bertz CT molecular complexity index is 569. The highest BCUT2D eigenvalue weighted by Crippen LogP contribution is 2.24. The lowest BCUT2D eigenvalue weighted by Crippen LogP contribution is -2.30. The highest BCUT2D eigenvalue weighted by molar-refractivity contribution is 9.10. The second kappa shape index (κ2) is 6.26. The van der Waals surface area contributed by atoms with Crippen molar-refractivity contribution < 1.29 is 9.21 Å². The van der Waals surface area contributed by atoms with Crippen molar-refractivity contribution in [3.05, 3.63) is 57.4 Å². The van der Waals surface area contributed by atoms with Gasteiger partial charge in [0, 0.05) is 16.6 Å². The highest BCUT2D eigenvalue weighted by Gasteiger charge is 2.16. The smallest absolute Gasteiger partial charge is 0.254 e. The van der Waals surface area contributed by atoms with Crippen LogP contribution < -0.4 is 0 Å². The van der Waals surface area contributed by atoms with Gasteiger partial charge in [-0.1, -0.05) is 11.6 Å². The number of hydrogen-bond donors (Lipinski definition) is 0. The van der Waals surface area contributed by atoms with Gasteiger partial charge in [0.05, 0.1) is 17.8 Å². The molecule has 0 saturated heterocycles. The number of nitrogens with zero attached hydrogens (tertiary/aromatic N) is 1. The number of benzene rings is 1. The molecular weight excluding hydrogens is 330 g/mol. The van der Waals surface area contributed by atoms with Gasteiger partial charge in [0.1, 0.15) is 5.76 Å². The fourth-order valence-electron chi connectivity index (χ4n) is 1.73. The van der Waals surface area contributed by atoms with Crippen molar-refractivity contribution in [2.24, 2.45) is 0 Å². The molecule has 0 aliphatic rings. The lowest BCUT2D eigenvalue weighted by Gasteiger charge is -2.19. The number of rotatable bonds is 4. The minimum absolute atomic E-state index is 0.0451. The van der Waals surface area contributed by atoms with Crippen LogP contribution in [0.15, 0.2) is 45.5 Å². The first-order chi connectivity index (χ1) is 9.11. The number of hydrogen-bond acceptors (Lipinski definition) is 2. The normalized spacial score (nSPS) is 10.5. The molecule has 0 aliphatic carbocycles. The van der Waals surface area contributed by atoms with Gasteiger partial charge < -0.3 is 9.32 Å². The first kappa shape index (κ1) is 14.2. The minimum Gasteiger partial charge on any atom is -0.467 e. The predicted molar refractivity (Wildman–Crippen MR) is 78.3 cm³/mol. The van der Waals surface area contributed by atoms with E-state index >= 15 is 0 Å². The maximum absolute atomic E-state index is 12.4. The van der Waals surface area contributed by atoms with E-state index in [1.54, 1.807) is 29.4 Å². The summed E-state index contributed by atoms with van der Waals surface area (Å²) in [4.78, 5) is 14.1. The molecule has 5 heteroatoms. The highest BCUT2D eigenvalue weighted by atomic mass is 79.9. The summed E-state index contributed by atoms with van der Waals surface area (Å²) < 4.78 is 5.99. The van der Waals surface area contributed by atoms with Crippen molar-refractivity contribution in [1.29, 1.82) is 0 Å². The molecule has 0 N–H and O–H groups in total. The SMILES string of the molecule is CCN(Cc1ccco1)C(=O)c1ccc(Cl)c(Br)c1. The Labute approximate surface area is 125 Å². The monoisotopic (exact) mass is 341 g/mol. The van der Waals surface area contributed by atoms with Crippen LogP contribution >= 0.6 is 27.5 Å². The standard InChI is InChI=1S/C14H13BrClNO2/c1-2-17(9-11-4-3-7-19-11)14(18)10-5-6-13(16)12(15)8-10/h3-8H,2,9H2,1H3. The summed E-state index contributed by atoms with van der Waals surface area (Å²) >= 11 is 9.25. The third-order valence-electron chi connectivity index (χ3n) is 2.76. The van der Waals surface area contributed by atoms with Gasteiger partial charge in [0.2, 0.25) is 0 Å². The van der Waals surface area contributed by atoms with Crippen molar-refractivity contribution in [3.63, 3.8) is 0 Å². The molecule has 2 aromatic rings. The first-order valence-electron chi connectivity index (χ1n) is 5.88. The lowest BCUT2D eigenvalue weighted by atomic mass is 10.2. The minimum atomic E-state index is -0.0451. The van der Waals surface area contributed by atoms with Gasteiger partial charge in [-0.3, -0.25) is 4.79 Å². The Morgan fingerprint density at radius 3 is 2.79 bits per heavy atom. The maximum atomic E-state index is 12.4. The summed E-state index contributed by atoms with van der Waals surface area (Å²) in [5, 5.41) is 0.589. The molecular formula is C14H13BrClNO2. The fourth-order valence-corrected chi connectivity index (χ4v) is 2.23. The largest absolute Gasteiger partial charge is 0.467 e. The molecule has 0 unspecified atom stereocenters. The van der Waals surface area contributed by atoms with E-state index in [4.69, 9.17) is 16.0 Å². The van der Waals surface area contributed by atoms with E-state index in [0.717, 1.165) is 5.76 Å². The number of carbonyl (C=O) groups is 1. The van der Waals surface area contributed by atoms with Crippen molar-refractivity contribution in [1.82, 2.24) is 4.90 Å². The van der Waals surface area contributed by atoms with Gasteiger partial charge in [0.15, 0.2) is 0 Å². The van der Waals surface area contributed by atoms with Crippen LogP contribution in [0, 0.1) is 0 Å². The summed E-state index contributed by atoms with van der Waals surface area (Å²) in [5.41, 5.74) is 0.602. The average Bonchev–Trinajstić information content (AvgIpc) is 2.91. The van der Waals surface area contributed by atoms with Gasteiger partial charge in [-0.15, -0.1) is 0 Å². The predicted octanol–water partition coefficient (Wildman–Crippen LogP) is 4.36. The summed E-state index contributed by atoms with van der Waals surface area (Å²) in [6, 6.07) is 8.83. The van der Waals surface area contributed by atoms with Crippen LogP contribution in [0.4, 0.5) is 0 Å². The topological polar surface area (TPSA) is 33.5 Å². The molecule has 0 saturated carbocycles. The van der Waals surface area contributed by atoms with Gasteiger partial charge in [-0.2, -0.15) is 0 Å². The number of halogens is 2. The van der Waals surface area contributed by atoms with E-state index in [1.165, 1.54) is 0 Å². The van der Waals surface area contributed by atoms with Crippen molar-refractivity contribution in [3.8, 4) is 0 Å². The number of amides is 1. The molecule has 0 aliphatic heterocycles. The molecule has 1 heterocycles. The van der Waals surface area contributed by atoms with Crippen molar-refractivity contribution in [2.45, 2.75) is 13.5 Å². The van der Waals surface area contributed by atoms with Crippen LogP contribution in [0.3, 0.4) is 0 Å². The third kappa shape index (κ3) is 3.39. The van der Waals surface area contributed by atoms with Crippen LogP contribution in [-0.2, 0) is 6.54 Å². The summed E-state index contributed by atoms with van der Waals surface area (Å²) in [6.45, 7) is 3.01. The summed E-state index contributed by atoms with van der Waals surface area (Å²) in [6.07, 6.45) is 1.60. The van der Waals surface area contributed by atoms with Gasteiger partial charge in [-0.25, -0.2) is 0 Å². The summed E-state index contributed by atoms with van der Waals surface area (Å²) in [7, 11) is 0. The molecule has 100 valence electrons. The molecule has 3 nitrogen and oxygen atoms in total. The molecule has 19 heavy (non-hydrogen) atoms. The quantitative estimate of drug-likeness (QED) is 0.827. The van der Waals surface area contributed by atoms with Gasteiger partial charge in [0.25, 0.3) is 5.91 Å². The molecule has 0 spiro atoms. The molecule has 0 fully saturated rings. The van der Waals surface area contributed by atoms with E-state index in [0.29, 0.717) is 28.1 Å². The van der Waals surface area contributed by atoms with Crippen molar-refractivity contribution >= 4 is 33.4 Å². The number of furan rings is 1. The molecule has 1 aromatic carbocycles. The Hall–Kier alpha value is -1.26. The van der Waals surface area contributed by atoms with Crippen LogP contribution in [0.2, 0.25) is 5.02 Å². The third-order valence-corrected chi connectivity index (χ3v) is 3.98. The number of carbonyl (C=O) groups excluding carboxylic acids is 1. The van der Waals surface area contributed by atoms with Crippen LogP contribution in [0.25, 0.3) is 0 Å². The molecule has 0 atom stereocenters. The average molecular weight is 343 g/mol. The maximum Gasteiger partial charge on any atom is 0.254 e. The van der Waals surface area contributed by atoms with Gasteiger partial charge >= 0.3 is 0 Å². The Kier molecular flexibility index (Phi) is 4.66. The summed E-state index contributed by atoms with van der Waals surface area (Å²) in [5.74, 6) is 0.722. The fraction of sp³-hybridized carbons (Fsp3) is 0.214. The van der Waals surface area contributed by atoms with Crippen LogP contribution in [-0.4, -0.2) is 17.4 Å². The zero-order valence-corrected chi connectivity index (χ0v) is 12.7. The molecule has 0 radical (unpaired) electrons. The first-order valence-corrected chi connectivity index (χ1v) is 7.05. The zero-order chi connectivity index (χ0) is 13.8. The second-order valence-corrected chi connectivity index (χ2v) is 5.29. The Morgan fingerprint density at radius 1 is 1.42 bits per heavy atom. The molecule has 2 rings (SSSR count). The Morgan fingerprint density at radius 2 is 2.21 bits per heavy atom. The van der Waals surface area contributed by atoms with E-state index in [-0.39, 0.29) is 5.91 Å². The van der Waals surface area contributed by atoms with Crippen LogP contribution in [0.1, 0.15) is 23.0 Å². The van der Waals surface area contributed by atoms with Gasteiger partial charge in [-0.05, 0) is 53.2 Å². The second-order valence-electron chi connectivity index (χ2n) is 4.03. The molecule has 1 aromatic heterocycles. The lowest BCUT2D eigenvalue weighted by molar-refractivity contribution is 0.0741. The van der Waals surface area contributed by atoms with Crippen LogP contribution in [0.5, 0.6) is 0 Å². The zero-order valence-electron chi connectivity index (χ0n) is 10.4. The molecule has 0 bridgehead atoms.